The Morgan fingerprint density at radius 1 is 1.00 bits per heavy atom. The summed E-state index contributed by atoms with van der Waals surface area (Å²) in [4.78, 5) is 9.04. The molecule has 0 radical (unpaired) electrons. The van der Waals surface area contributed by atoms with E-state index >= 15 is 0 Å². The van der Waals surface area contributed by atoms with Gasteiger partial charge in [-0.3, -0.25) is 0 Å². The smallest absolute Gasteiger partial charge is 0.224 e. The van der Waals surface area contributed by atoms with Gasteiger partial charge < -0.3 is 10.6 Å². The number of anilines is 3. The molecule has 1 fully saturated rings. The van der Waals surface area contributed by atoms with Crippen molar-refractivity contribution < 1.29 is 0 Å². The predicted molar refractivity (Wildman–Crippen MR) is 101 cm³/mol. The van der Waals surface area contributed by atoms with E-state index in [-0.39, 0.29) is 5.41 Å². The number of hydrogen-bond donors (Lipinski definition) is 2. The molecule has 0 aliphatic heterocycles. The average molecular weight is 324 g/mol. The molecule has 1 saturated carbocycles. The number of benzene rings is 1. The van der Waals surface area contributed by atoms with E-state index in [2.05, 4.69) is 65.6 Å². The molecule has 0 saturated heterocycles. The highest BCUT2D eigenvalue weighted by Gasteiger charge is 2.18. The molecule has 0 atom stereocenters. The molecule has 2 N–H and O–H groups in total. The molecular formula is C20H28N4. The van der Waals surface area contributed by atoms with Crippen molar-refractivity contribution in [2.45, 2.75) is 64.3 Å². The quantitative estimate of drug-likeness (QED) is 0.805. The van der Waals surface area contributed by atoms with Crippen LogP contribution in [0.2, 0.25) is 0 Å². The van der Waals surface area contributed by atoms with Gasteiger partial charge in [-0.05, 0) is 36.0 Å². The van der Waals surface area contributed by atoms with Crippen molar-refractivity contribution in [2.75, 3.05) is 10.6 Å². The van der Waals surface area contributed by atoms with E-state index < -0.39 is 0 Å². The Labute approximate surface area is 145 Å². The van der Waals surface area contributed by atoms with E-state index in [1.807, 2.05) is 12.3 Å². The first-order valence-electron chi connectivity index (χ1n) is 8.98. The predicted octanol–water partition coefficient (Wildman–Crippen LogP) is 5.26. The molecule has 1 aromatic heterocycles. The lowest BCUT2D eigenvalue weighted by Crippen LogP contribution is -2.23. The van der Waals surface area contributed by atoms with Crippen molar-refractivity contribution in [3.8, 4) is 0 Å². The molecule has 0 amide bonds. The van der Waals surface area contributed by atoms with Crippen LogP contribution >= 0.6 is 0 Å². The van der Waals surface area contributed by atoms with Crippen LogP contribution in [0.3, 0.4) is 0 Å². The summed E-state index contributed by atoms with van der Waals surface area (Å²) in [5.41, 5.74) is 2.47. The highest BCUT2D eigenvalue weighted by atomic mass is 15.1. The maximum absolute atomic E-state index is 4.65. The first-order valence-corrected chi connectivity index (χ1v) is 8.98. The van der Waals surface area contributed by atoms with Crippen LogP contribution in [0.4, 0.5) is 17.5 Å². The van der Waals surface area contributed by atoms with Crippen LogP contribution in [0.25, 0.3) is 0 Å². The molecule has 0 spiro atoms. The average Bonchev–Trinajstić information content (AvgIpc) is 2.56. The van der Waals surface area contributed by atoms with E-state index in [1.54, 1.807) is 0 Å². The number of para-hydroxylation sites is 1. The van der Waals surface area contributed by atoms with E-state index in [0.29, 0.717) is 6.04 Å². The summed E-state index contributed by atoms with van der Waals surface area (Å²) in [6, 6.07) is 10.9. The maximum atomic E-state index is 4.65. The summed E-state index contributed by atoms with van der Waals surface area (Å²) >= 11 is 0. The number of nitrogens with zero attached hydrogens (tertiary/aromatic N) is 2. The molecule has 1 aliphatic carbocycles. The molecule has 1 aromatic carbocycles. The van der Waals surface area contributed by atoms with Crippen molar-refractivity contribution in [3.63, 3.8) is 0 Å². The fraction of sp³-hybridized carbons (Fsp3) is 0.500. The van der Waals surface area contributed by atoms with Gasteiger partial charge in [0.1, 0.15) is 5.82 Å². The van der Waals surface area contributed by atoms with Gasteiger partial charge in [0, 0.05) is 17.9 Å². The third-order valence-corrected chi connectivity index (χ3v) is 4.59. The molecule has 0 bridgehead atoms. The third-order valence-electron chi connectivity index (χ3n) is 4.59. The Kier molecular flexibility index (Phi) is 5.03. The van der Waals surface area contributed by atoms with Crippen LogP contribution < -0.4 is 10.6 Å². The fourth-order valence-electron chi connectivity index (χ4n) is 3.31. The topological polar surface area (TPSA) is 49.8 Å². The van der Waals surface area contributed by atoms with Gasteiger partial charge in [0.05, 0.1) is 0 Å². The highest BCUT2D eigenvalue weighted by Crippen LogP contribution is 2.31. The first kappa shape index (κ1) is 16.7. The minimum atomic E-state index is 0.0831. The zero-order chi connectivity index (χ0) is 17.0. The summed E-state index contributed by atoms with van der Waals surface area (Å²) in [7, 11) is 0. The van der Waals surface area contributed by atoms with Gasteiger partial charge in [0.15, 0.2) is 0 Å². The molecule has 1 heterocycles. The number of aromatic nitrogens is 2. The molecule has 24 heavy (non-hydrogen) atoms. The van der Waals surface area contributed by atoms with Crippen LogP contribution in [0.1, 0.15) is 58.4 Å². The summed E-state index contributed by atoms with van der Waals surface area (Å²) in [6.45, 7) is 6.68. The standard InChI is InChI=1S/C20H28N4/c1-20(2,3)16-11-7-8-12-17(16)23-18-13-14-21-19(24-18)22-15-9-5-4-6-10-15/h7-8,11-15H,4-6,9-10H2,1-3H3,(H2,21,22,23,24). The zero-order valence-electron chi connectivity index (χ0n) is 15.0. The van der Waals surface area contributed by atoms with E-state index in [4.69, 9.17) is 0 Å². The lowest BCUT2D eigenvalue weighted by atomic mass is 9.86. The van der Waals surface area contributed by atoms with Crippen molar-refractivity contribution in [2.24, 2.45) is 0 Å². The summed E-state index contributed by atoms with van der Waals surface area (Å²) in [5.74, 6) is 1.56. The van der Waals surface area contributed by atoms with Gasteiger partial charge in [-0.25, -0.2) is 4.98 Å². The van der Waals surface area contributed by atoms with Crippen molar-refractivity contribution >= 4 is 17.5 Å². The van der Waals surface area contributed by atoms with E-state index in [1.165, 1.54) is 37.7 Å². The number of rotatable bonds is 4. The normalized spacial score (nSPS) is 16.0. The minimum absolute atomic E-state index is 0.0831. The Morgan fingerprint density at radius 3 is 2.50 bits per heavy atom. The Bertz CT molecular complexity index is 669. The van der Waals surface area contributed by atoms with Gasteiger partial charge >= 0.3 is 0 Å². The molecule has 3 rings (SSSR count). The Morgan fingerprint density at radius 2 is 1.75 bits per heavy atom. The number of nitrogens with one attached hydrogen (secondary N) is 2. The molecule has 1 aliphatic rings. The SMILES string of the molecule is CC(C)(C)c1ccccc1Nc1ccnc(NC2CCCCC2)n1. The van der Waals surface area contributed by atoms with Crippen molar-refractivity contribution in [3.05, 3.63) is 42.1 Å². The molecule has 4 heteroatoms. The second-order valence-electron chi connectivity index (χ2n) is 7.67. The first-order chi connectivity index (χ1) is 11.5. The fourth-order valence-corrected chi connectivity index (χ4v) is 3.31. The van der Waals surface area contributed by atoms with Crippen LogP contribution in [0.5, 0.6) is 0 Å². The van der Waals surface area contributed by atoms with Crippen LogP contribution in [0, 0.1) is 0 Å². The van der Waals surface area contributed by atoms with Gasteiger partial charge in [-0.15, -0.1) is 0 Å². The Hall–Kier alpha value is -2.10. The second kappa shape index (κ2) is 7.20. The lowest BCUT2D eigenvalue weighted by molar-refractivity contribution is 0.461. The van der Waals surface area contributed by atoms with Crippen LogP contribution in [-0.4, -0.2) is 16.0 Å². The summed E-state index contributed by atoms with van der Waals surface area (Å²) < 4.78 is 0. The molecule has 2 aromatic rings. The van der Waals surface area contributed by atoms with Gasteiger partial charge in [0.25, 0.3) is 0 Å². The van der Waals surface area contributed by atoms with Crippen molar-refractivity contribution in [1.82, 2.24) is 9.97 Å². The highest BCUT2D eigenvalue weighted by molar-refractivity contribution is 5.62. The lowest BCUT2D eigenvalue weighted by Gasteiger charge is -2.24. The van der Waals surface area contributed by atoms with Gasteiger partial charge in [-0.2, -0.15) is 4.98 Å². The number of hydrogen-bond acceptors (Lipinski definition) is 4. The largest absolute Gasteiger partial charge is 0.351 e. The summed E-state index contributed by atoms with van der Waals surface area (Å²) in [6.07, 6.45) is 8.20. The van der Waals surface area contributed by atoms with Crippen LogP contribution in [0.15, 0.2) is 36.5 Å². The second-order valence-corrected chi connectivity index (χ2v) is 7.67. The van der Waals surface area contributed by atoms with Crippen LogP contribution in [-0.2, 0) is 5.41 Å². The maximum Gasteiger partial charge on any atom is 0.224 e. The molecular weight excluding hydrogens is 296 g/mol. The monoisotopic (exact) mass is 324 g/mol. The molecule has 0 unspecified atom stereocenters. The zero-order valence-corrected chi connectivity index (χ0v) is 15.0. The van der Waals surface area contributed by atoms with Gasteiger partial charge in [-0.1, -0.05) is 58.2 Å². The van der Waals surface area contributed by atoms with Gasteiger partial charge in [0.2, 0.25) is 5.95 Å². The minimum Gasteiger partial charge on any atom is -0.351 e. The Balaban J connectivity index is 1.75. The van der Waals surface area contributed by atoms with E-state index in [9.17, 15) is 0 Å². The molecule has 128 valence electrons. The third kappa shape index (κ3) is 4.25. The summed E-state index contributed by atoms with van der Waals surface area (Å²) in [5, 5.41) is 6.96. The van der Waals surface area contributed by atoms with E-state index in [0.717, 1.165) is 17.5 Å². The van der Waals surface area contributed by atoms with Crippen molar-refractivity contribution in [1.29, 1.82) is 0 Å². The molecule has 4 nitrogen and oxygen atoms in total.